The van der Waals surface area contributed by atoms with Gasteiger partial charge < -0.3 is 10.4 Å². The summed E-state index contributed by atoms with van der Waals surface area (Å²) in [7, 11) is -3.28. The summed E-state index contributed by atoms with van der Waals surface area (Å²) in [5, 5.41) is 12.9. The van der Waals surface area contributed by atoms with Gasteiger partial charge >= 0.3 is 0 Å². The molecule has 0 saturated carbocycles. The Balaban J connectivity index is 2.10. The molecule has 2 aromatic rings. The van der Waals surface area contributed by atoms with Gasteiger partial charge in [-0.2, -0.15) is 0 Å². The van der Waals surface area contributed by atoms with Gasteiger partial charge in [0.2, 0.25) is 0 Å². The summed E-state index contributed by atoms with van der Waals surface area (Å²) in [6.07, 6.45) is 2.56. The largest absolute Gasteiger partial charge is 0.506 e. The predicted octanol–water partition coefficient (Wildman–Crippen LogP) is 2.57. The van der Waals surface area contributed by atoms with Crippen molar-refractivity contribution in [2.24, 2.45) is 0 Å². The Morgan fingerprint density at radius 2 is 2.05 bits per heavy atom. The zero-order valence-electron chi connectivity index (χ0n) is 10.7. The van der Waals surface area contributed by atoms with Gasteiger partial charge in [-0.3, -0.25) is 0 Å². The van der Waals surface area contributed by atoms with E-state index in [-0.39, 0.29) is 10.8 Å². The molecule has 7 heteroatoms. The normalized spacial score (nSPS) is 11.3. The minimum atomic E-state index is -3.28. The fourth-order valence-electron chi connectivity index (χ4n) is 1.60. The Morgan fingerprint density at radius 3 is 2.65 bits per heavy atom. The molecule has 20 heavy (non-hydrogen) atoms. The summed E-state index contributed by atoms with van der Waals surface area (Å²) in [4.78, 5) is 3.88. The monoisotopic (exact) mass is 356 g/mol. The van der Waals surface area contributed by atoms with Gasteiger partial charge in [0.05, 0.1) is 16.4 Å². The van der Waals surface area contributed by atoms with Gasteiger partial charge in [-0.05, 0) is 34.1 Å². The lowest BCUT2D eigenvalue weighted by Gasteiger charge is -2.09. The number of anilines is 1. The van der Waals surface area contributed by atoms with Crippen LogP contribution in [-0.2, 0) is 16.4 Å². The number of phenols is 1. The molecule has 0 spiro atoms. The maximum absolute atomic E-state index is 11.3. The number of hydrogen-bond acceptors (Lipinski definition) is 5. The van der Waals surface area contributed by atoms with Gasteiger partial charge in [-0.1, -0.05) is 12.1 Å². The second-order valence-corrected chi connectivity index (χ2v) is 7.08. The van der Waals surface area contributed by atoms with Crippen LogP contribution in [0.15, 0.2) is 46.0 Å². The molecule has 0 aliphatic heterocycles. The van der Waals surface area contributed by atoms with Crippen molar-refractivity contribution in [2.75, 3.05) is 11.6 Å². The average Bonchev–Trinajstić information content (AvgIpc) is 2.40. The predicted molar refractivity (Wildman–Crippen MR) is 80.5 cm³/mol. The van der Waals surface area contributed by atoms with Gasteiger partial charge in [0.1, 0.15) is 5.75 Å². The van der Waals surface area contributed by atoms with Crippen LogP contribution in [0, 0.1) is 0 Å². The van der Waals surface area contributed by atoms with Crippen LogP contribution >= 0.6 is 15.9 Å². The minimum absolute atomic E-state index is 0.0355. The van der Waals surface area contributed by atoms with Crippen LogP contribution in [-0.4, -0.2) is 24.8 Å². The van der Waals surface area contributed by atoms with Crippen LogP contribution in [0.3, 0.4) is 0 Å². The quantitative estimate of drug-likeness (QED) is 0.879. The molecule has 5 nitrogen and oxygen atoms in total. The number of rotatable bonds is 4. The number of benzene rings is 1. The van der Waals surface area contributed by atoms with Crippen molar-refractivity contribution in [1.29, 1.82) is 0 Å². The maximum atomic E-state index is 11.3. The Labute approximate surface area is 125 Å². The highest BCUT2D eigenvalue weighted by Gasteiger charge is 2.08. The highest BCUT2D eigenvalue weighted by molar-refractivity contribution is 9.10. The fourth-order valence-corrected chi connectivity index (χ4v) is 2.57. The van der Waals surface area contributed by atoms with Crippen LogP contribution < -0.4 is 5.32 Å². The van der Waals surface area contributed by atoms with E-state index in [9.17, 15) is 13.5 Å². The number of halogens is 1. The molecule has 2 rings (SSSR count). The maximum Gasteiger partial charge on any atom is 0.192 e. The van der Waals surface area contributed by atoms with Crippen molar-refractivity contribution in [3.8, 4) is 5.75 Å². The molecular weight excluding hydrogens is 344 g/mol. The van der Waals surface area contributed by atoms with Gasteiger partial charge in [0.15, 0.2) is 14.9 Å². The zero-order valence-corrected chi connectivity index (χ0v) is 13.1. The molecular formula is C13H13BrN2O3S. The van der Waals surface area contributed by atoms with Gasteiger partial charge in [0.25, 0.3) is 0 Å². The van der Waals surface area contributed by atoms with Crippen LogP contribution in [0.1, 0.15) is 5.56 Å². The van der Waals surface area contributed by atoms with Crippen molar-refractivity contribution < 1.29 is 13.5 Å². The summed E-state index contributed by atoms with van der Waals surface area (Å²) < 4.78 is 23.2. The van der Waals surface area contributed by atoms with E-state index >= 15 is 0 Å². The van der Waals surface area contributed by atoms with Crippen LogP contribution in [0.25, 0.3) is 0 Å². The lowest BCUT2D eigenvalue weighted by molar-refractivity contribution is 0.465. The summed E-state index contributed by atoms with van der Waals surface area (Å²) in [6.45, 7) is 0.408. The van der Waals surface area contributed by atoms with E-state index in [1.807, 2.05) is 6.07 Å². The molecule has 1 heterocycles. The van der Waals surface area contributed by atoms with Crippen LogP contribution in [0.4, 0.5) is 5.69 Å². The average molecular weight is 357 g/mol. The number of para-hydroxylation sites is 1. The van der Waals surface area contributed by atoms with E-state index < -0.39 is 9.84 Å². The van der Waals surface area contributed by atoms with Crippen molar-refractivity contribution in [2.45, 2.75) is 11.6 Å². The molecule has 1 aromatic heterocycles. The van der Waals surface area contributed by atoms with Crippen LogP contribution in [0.5, 0.6) is 5.75 Å². The molecule has 0 atom stereocenters. The first-order valence-corrected chi connectivity index (χ1v) is 8.42. The molecule has 0 amide bonds. The van der Waals surface area contributed by atoms with E-state index in [0.717, 1.165) is 11.8 Å². The summed E-state index contributed by atoms with van der Waals surface area (Å²) in [5.74, 6) is 0.181. The minimum Gasteiger partial charge on any atom is -0.506 e. The third-order valence-corrected chi connectivity index (χ3v) is 4.31. The van der Waals surface area contributed by atoms with E-state index in [2.05, 4.69) is 26.2 Å². The third-order valence-electron chi connectivity index (χ3n) is 2.67. The van der Waals surface area contributed by atoms with Crippen molar-refractivity contribution in [3.05, 3.63) is 46.6 Å². The molecule has 0 fully saturated rings. The van der Waals surface area contributed by atoms with E-state index in [0.29, 0.717) is 16.7 Å². The summed E-state index contributed by atoms with van der Waals surface area (Å²) in [6, 6.07) is 8.45. The second kappa shape index (κ2) is 5.80. The number of aromatic hydroxyl groups is 1. The molecule has 106 valence electrons. The summed E-state index contributed by atoms with van der Waals surface area (Å²) >= 11 is 3.25. The highest BCUT2D eigenvalue weighted by Crippen LogP contribution is 2.27. The molecule has 0 aliphatic rings. The Kier molecular flexibility index (Phi) is 4.29. The topological polar surface area (TPSA) is 79.3 Å². The van der Waals surface area contributed by atoms with Gasteiger partial charge in [0, 0.05) is 18.4 Å². The standard InChI is InChI=1S/C13H13BrN2O3S/c1-20(18,19)12-6-5-10(8-16-12)15-7-9-3-2-4-11(14)13(9)17/h2-6,8,15,17H,7H2,1H3. The van der Waals surface area contributed by atoms with Gasteiger partial charge in [-0.25, -0.2) is 13.4 Å². The fraction of sp³-hybridized carbons (Fsp3) is 0.154. The molecule has 0 aliphatic carbocycles. The van der Waals surface area contributed by atoms with Crippen molar-refractivity contribution in [1.82, 2.24) is 4.98 Å². The highest BCUT2D eigenvalue weighted by atomic mass is 79.9. The first-order valence-electron chi connectivity index (χ1n) is 5.74. The number of aromatic nitrogens is 1. The molecule has 2 N–H and O–H groups in total. The number of nitrogens with zero attached hydrogens (tertiary/aromatic N) is 1. The van der Waals surface area contributed by atoms with E-state index in [1.54, 1.807) is 18.2 Å². The molecule has 1 aromatic carbocycles. The number of pyridine rings is 1. The molecule has 0 saturated heterocycles. The number of hydrogen-bond donors (Lipinski definition) is 2. The third kappa shape index (κ3) is 3.49. The lowest BCUT2D eigenvalue weighted by atomic mass is 10.2. The first kappa shape index (κ1) is 14.8. The number of nitrogens with one attached hydrogen (secondary N) is 1. The first-order chi connectivity index (χ1) is 9.38. The Bertz CT molecular complexity index is 715. The van der Waals surface area contributed by atoms with Crippen LogP contribution in [0.2, 0.25) is 0 Å². The molecule has 0 radical (unpaired) electrons. The zero-order chi connectivity index (χ0) is 14.8. The van der Waals surface area contributed by atoms with Crippen molar-refractivity contribution >= 4 is 31.5 Å². The second-order valence-electron chi connectivity index (χ2n) is 4.26. The van der Waals surface area contributed by atoms with E-state index in [1.165, 1.54) is 12.3 Å². The Morgan fingerprint density at radius 1 is 1.30 bits per heavy atom. The van der Waals surface area contributed by atoms with Crippen molar-refractivity contribution in [3.63, 3.8) is 0 Å². The lowest BCUT2D eigenvalue weighted by Crippen LogP contribution is -2.03. The summed E-state index contributed by atoms with van der Waals surface area (Å²) in [5.41, 5.74) is 1.41. The Hall–Kier alpha value is -1.60. The van der Waals surface area contributed by atoms with E-state index in [4.69, 9.17) is 0 Å². The molecule has 0 unspecified atom stereocenters. The SMILES string of the molecule is CS(=O)(=O)c1ccc(NCc2cccc(Br)c2O)cn1. The smallest absolute Gasteiger partial charge is 0.192 e. The van der Waals surface area contributed by atoms with Gasteiger partial charge in [-0.15, -0.1) is 0 Å². The number of phenolic OH excluding ortho intramolecular Hbond substituents is 1. The molecule has 0 bridgehead atoms. The number of sulfone groups is 1.